The van der Waals surface area contributed by atoms with Gasteiger partial charge in [-0.25, -0.2) is 17.9 Å². The van der Waals surface area contributed by atoms with Gasteiger partial charge in [0.15, 0.2) is 0 Å². The first-order valence-electron chi connectivity index (χ1n) is 6.01. The summed E-state index contributed by atoms with van der Waals surface area (Å²) in [6, 6.07) is 12.3. The molecule has 0 aliphatic rings. The number of anilines is 1. The van der Waals surface area contributed by atoms with E-state index in [1.165, 1.54) is 24.3 Å². The number of hydrogen-bond donors (Lipinski definition) is 2. The van der Waals surface area contributed by atoms with Crippen LogP contribution in [-0.4, -0.2) is 8.42 Å². The first-order chi connectivity index (χ1) is 9.36. The van der Waals surface area contributed by atoms with Crippen LogP contribution in [0.15, 0.2) is 53.4 Å². The number of rotatable bonds is 4. The van der Waals surface area contributed by atoms with Crippen LogP contribution in [0.5, 0.6) is 0 Å². The van der Waals surface area contributed by atoms with Crippen molar-refractivity contribution in [3.05, 3.63) is 59.9 Å². The molecule has 20 heavy (non-hydrogen) atoms. The van der Waals surface area contributed by atoms with Gasteiger partial charge >= 0.3 is 0 Å². The molecule has 2 rings (SSSR count). The number of nitrogens with two attached hydrogens (primary N) is 1. The minimum Gasteiger partial charge on any atom is -0.379 e. The van der Waals surface area contributed by atoms with Gasteiger partial charge in [0.2, 0.25) is 10.0 Å². The zero-order valence-electron chi connectivity index (χ0n) is 10.9. The lowest BCUT2D eigenvalue weighted by Gasteiger charge is -2.16. The Balaban J connectivity index is 2.13. The summed E-state index contributed by atoms with van der Waals surface area (Å²) in [6.45, 7) is 1.93. The predicted octanol–water partition coefficient (Wildman–Crippen LogP) is 2.65. The Labute approximate surface area is 117 Å². The van der Waals surface area contributed by atoms with Crippen LogP contribution in [0.2, 0.25) is 0 Å². The molecule has 0 radical (unpaired) electrons. The van der Waals surface area contributed by atoms with Crippen molar-refractivity contribution in [3.63, 3.8) is 0 Å². The van der Waals surface area contributed by atoms with Crippen LogP contribution in [0.1, 0.15) is 18.5 Å². The van der Waals surface area contributed by atoms with Crippen molar-refractivity contribution in [2.45, 2.75) is 17.9 Å². The van der Waals surface area contributed by atoms with Crippen molar-refractivity contribution in [1.29, 1.82) is 0 Å². The molecular formula is C14H15FN2O2S. The summed E-state index contributed by atoms with van der Waals surface area (Å²) in [6.07, 6.45) is 0. The van der Waals surface area contributed by atoms with Gasteiger partial charge < -0.3 is 5.32 Å². The van der Waals surface area contributed by atoms with E-state index in [1.807, 2.05) is 6.92 Å². The van der Waals surface area contributed by atoms with E-state index < -0.39 is 10.0 Å². The van der Waals surface area contributed by atoms with Gasteiger partial charge in [-0.1, -0.05) is 12.1 Å². The Morgan fingerprint density at radius 3 is 2.10 bits per heavy atom. The Kier molecular flexibility index (Phi) is 4.06. The summed E-state index contributed by atoms with van der Waals surface area (Å²) in [5.74, 6) is -0.291. The molecule has 0 saturated heterocycles. The lowest BCUT2D eigenvalue weighted by Crippen LogP contribution is -2.12. The van der Waals surface area contributed by atoms with E-state index in [1.54, 1.807) is 24.3 Å². The zero-order valence-corrected chi connectivity index (χ0v) is 11.7. The molecule has 0 aromatic heterocycles. The summed E-state index contributed by atoms with van der Waals surface area (Å²) in [4.78, 5) is 0.0789. The Morgan fingerprint density at radius 2 is 1.60 bits per heavy atom. The van der Waals surface area contributed by atoms with E-state index >= 15 is 0 Å². The van der Waals surface area contributed by atoms with Crippen molar-refractivity contribution < 1.29 is 12.8 Å². The molecular weight excluding hydrogens is 279 g/mol. The van der Waals surface area contributed by atoms with Crippen LogP contribution >= 0.6 is 0 Å². The summed E-state index contributed by atoms with van der Waals surface area (Å²) >= 11 is 0. The molecule has 0 bridgehead atoms. The average molecular weight is 294 g/mol. The second-order valence-electron chi connectivity index (χ2n) is 4.49. The summed E-state index contributed by atoms with van der Waals surface area (Å²) in [7, 11) is -3.67. The van der Waals surface area contributed by atoms with Crippen LogP contribution < -0.4 is 10.5 Å². The monoisotopic (exact) mass is 294 g/mol. The first-order valence-corrected chi connectivity index (χ1v) is 7.56. The third kappa shape index (κ3) is 3.55. The van der Waals surface area contributed by atoms with E-state index in [9.17, 15) is 12.8 Å². The largest absolute Gasteiger partial charge is 0.379 e. The lowest BCUT2D eigenvalue weighted by atomic mass is 10.1. The fraction of sp³-hybridized carbons (Fsp3) is 0.143. The highest BCUT2D eigenvalue weighted by molar-refractivity contribution is 7.89. The molecule has 0 amide bonds. The van der Waals surface area contributed by atoms with Crippen LogP contribution in [0.3, 0.4) is 0 Å². The van der Waals surface area contributed by atoms with E-state index in [-0.39, 0.29) is 16.8 Å². The van der Waals surface area contributed by atoms with E-state index in [0.29, 0.717) is 0 Å². The minimum atomic E-state index is -3.67. The Bertz CT molecular complexity index is 682. The molecule has 0 aliphatic heterocycles. The maximum Gasteiger partial charge on any atom is 0.238 e. The van der Waals surface area contributed by atoms with E-state index in [4.69, 9.17) is 5.14 Å². The van der Waals surface area contributed by atoms with Crippen molar-refractivity contribution in [2.75, 3.05) is 5.32 Å². The maximum absolute atomic E-state index is 12.8. The number of halogens is 1. The molecule has 0 heterocycles. The van der Waals surface area contributed by atoms with Crippen molar-refractivity contribution in [2.24, 2.45) is 5.14 Å². The zero-order chi connectivity index (χ0) is 14.8. The SMILES string of the molecule is CC(Nc1ccc(F)cc1)c1ccc(S(N)(=O)=O)cc1. The van der Waals surface area contributed by atoms with Crippen LogP contribution in [0.25, 0.3) is 0 Å². The van der Waals surface area contributed by atoms with Gasteiger partial charge in [-0.3, -0.25) is 0 Å². The summed E-state index contributed by atoms with van der Waals surface area (Å²) in [5.41, 5.74) is 1.69. The maximum atomic E-state index is 12.8. The van der Waals surface area contributed by atoms with E-state index in [2.05, 4.69) is 5.32 Å². The summed E-state index contributed by atoms with van der Waals surface area (Å²) in [5, 5.41) is 8.24. The van der Waals surface area contributed by atoms with Gasteiger partial charge in [-0.2, -0.15) is 0 Å². The smallest absolute Gasteiger partial charge is 0.238 e. The standard InChI is InChI=1S/C14H15FN2O2S/c1-10(17-13-6-4-12(15)5-7-13)11-2-8-14(9-3-11)20(16,18)19/h2-10,17H,1H3,(H2,16,18,19). The fourth-order valence-corrected chi connectivity index (χ4v) is 2.34. The quantitative estimate of drug-likeness (QED) is 0.910. The second-order valence-corrected chi connectivity index (χ2v) is 6.05. The molecule has 0 saturated carbocycles. The Morgan fingerprint density at radius 1 is 1.05 bits per heavy atom. The topological polar surface area (TPSA) is 72.2 Å². The molecule has 6 heteroatoms. The van der Waals surface area contributed by atoms with Gasteiger partial charge in [0.05, 0.1) is 4.90 Å². The molecule has 4 nitrogen and oxygen atoms in total. The van der Waals surface area contributed by atoms with Gasteiger partial charge in [0.25, 0.3) is 0 Å². The van der Waals surface area contributed by atoms with E-state index in [0.717, 1.165) is 11.3 Å². The number of sulfonamides is 1. The fourth-order valence-electron chi connectivity index (χ4n) is 1.83. The molecule has 1 atom stereocenters. The van der Waals surface area contributed by atoms with Gasteiger partial charge in [0.1, 0.15) is 5.82 Å². The molecule has 0 aliphatic carbocycles. The van der Waals surface area contributed by atoms with Crippen molar-refractivity contribution >= 4 is 15.7 Å². The number of nitrogens with one attached hydrogen (secondary N) is 1. The number of primary sulfonamides is 1. The minimum absolute atomic E-state index is 0.0463. The highest BCUT2D eigenvalue weighted by atomic mass is 32.2. The number of benzene rings is 2. The molecule has 2 aromatic rings. The summed E-state index contributed by atoms with van der Waals surface area (Å²) < 4.78 is 35.1. The molecule has 3 N–H and O–H groups in total. The van der Waals surface area contributed by atoms with Gasteiger partial charge in [0, 0.05) is 11.7 Å². The molecule has 106 valence electrons. The highest BCUT2D eigenvalue weighted by Gasteiger charge is 2.09. The highest BCUT2D eigenvalue weighted by Crippen LogP contribution is 2.20. The first kappa shape index (κ1) is 14.5. The van der Waals surface area contributed by atoms with Crippen LogP contribution in [-0.2, 0) is 10.0 Å². The lowest BCUT2D eigenvalue weighted by molar-refractivity contribution is 0.597. The van der Waals surface area contributed by atoms with Crippen LogP contribution in [0.4, 0.5) is 10.1 Å². The molecule has 2 aromatic carbocycles. The normalized spacial score (nSPS) is 12.9. The molecule has 0 spiro atoms. The molecule has 1 unspecified atom stereocenters. The van der Waals surface area contributed by atoms with Crippen molar-refractivity contribution in [1.82, 2.24) is 0 Å². The Hall–Kier alpha value is -1.92. The van der Waals surface area contributed by atoms with Gasteiger partial charge in [-0.15, -0.1) is 0 Å². The average Bonchev–Trinajstić information content (AvgIpc) is 2.40. The third-order valence-corrected chi connectivity index (χ3v) is 3.87. The predicted molar refractivity (Wildman–Crippen MR) is 76.3 cm³/mol. The number of hydrogen-bond acceptors (Lipinski definition) is 3. The molecule has 0 fully saturated rings. The second kappa shape index (κ2) is 5.60. The van der Waals surface area contributed by atoms with Crippen LogP contribution in [0, 0.1) is 5.82 Å². The van der Waals surface area contributed by atoms with Gasteiger partial charge in [-0.05, 0) is 48.9 Å². The third-order valence-electron chi connectivity index (χ3n) is 2.94. The van der Waals surface area contributed by atoms with Crippen molar-refractivity contribution in [3.8, 4) is 0 Å².